The van der Waals surface area contributed by atoms with E-state index in [-0.39, 0.29) is 28.6 Å². The molecule has 9 nitrogen and oxygen atoms in total. The van der Waals surface area contributed by atoms with Crippen LogP contribution in [0.3, 0.4) is 0 Å². The fourth-order valence-electron chi connectivity index (χ4n) is 4.98. The summed E-state index contributed by atoms with van der Waals surface area (Å²) < 4.78 is 63.7. The van der Waals surface area contributed by atoms with E-state index in [4.69, 9.17) is 9.41 Å². The first-order chi connectivity index (χ1) is 21.2. The Morgan fingerprint density at radius 2 is 1.67 bits per heavy atom. The predicted octanol–water partition coefficient (Wildman–Crippen LogP) is 6.89. The second kappa shape index (κ2) is 12.0. The fraction of sp³-hybridized carbons (Fsp3) is 0.500. The van der Waals surface area contributed by atoms with Gasteiger partial charge in [-0.2, -0.15) is 18.3 Å². The van der Waals surface area contributed by atoms with Gasteiger partial charge in [0.25, 0.3) is 0 Å². The van der Waals surface area contributed by atoms with E-state index in [2.05, 4.69) is 53.7 Å². The van der Waals surface area contributed by atoms with Crippen LogP contribution in [0.5, 0.6) is 0 Å². The summed E-state index contributed by atoms with van der Waals surface area (Å²) in [5, 5.41) is 17.2. The van der Waals surface area contributed by atoms with E-state index in [1.165, 1.54) is 23.0 Å². The molecule has 0 unspecified atom stereocenters. The van der Waals surface area contributed by atoms with E-state index in [9.17, 15) is 22.8 Å². The van der Waals surface area contributed by atoms with Gasteiger partial charge in [-0.1, -0.05) is 39.0 Å². The van der Waals surface area contributed by atoms with Gasteiger partial charge in [0.05, 0.1) is 29.8 Å². The number of rotatable bonds is 8. The molecule has 2 atom stereocenters. The monoisotopic (exact) mass is 674 g/mol. The van der Waals surface area contributed by atoms with Crippen molar-refractivity contribution in [3.8, 4) is 17.1 Å². The van der Waals surface area contributed by atoms with Gasteiger partial charge >= 0.3 is 6.18 Å². The maximum Gasteiger partial charge on any atom is 0.433 e. The number of nitrogens with one attached hydrogen (secondary N) is 1. The highest BCUT2D eigenvalue weighted by molar-refractivity contribution is 7.90. The third-order valence-corrected chi connectivity index (χ3v) is 15.0. The Morgan fingerprint density at radius 1 is 0.978 bits per heavy atom. The molecule has 0 spiro atoms. The smallest absolute Gasteiger partial charge is 0.433 e. The molecule has 2 N–H and O–H groups in total. The van der Waals surface area contributed by atoms with Gasteiger partial charge in [-0.15, -0.1) is 4.72 Å². The number of fused-ring (bicyclic) bond motifs is 1. The third kappa shape index (κ3) is 6.87. The van der Waals surface area contributed by atoms with E-state index in [0.29, 0.717) is 35.0 Å². The highest BCUT2D eigenvalue weighted by Gasteiger charge is 2.53. The Kier molecular flexibility index (Phi) is 8.97. The fourth-order valence-corrected chi connectivity index (χ4v) is 7.22. The molecule has 0 saturated heterocycles. The first-order valence-corrected chi connectivity index (χ1v) is 19.2. The maximum absolute atomic E-state index is 13.4. The van der Waals surface area contributed by atoms with Crippen LogP contribution in [0.4, 0.5) is 13.2 Å². The van der Waals surface area contributed by atoms with Gasteiger partial charge in [0.15, 0.2) is 14.1 Å². The van der Waals surface area contributed by atoms with Gasteiger partial charge in [0.2, 0.25) is 5.72 Å². The molecule has 1 saturated carbocycles. The van der Waals surface area contributed by atoms with E-state index in [1.807, 2.05) is 20.8 Å². The van der Waals surface area contributed by atoms with E-state index >= 15 is 0 Å². The van der Waals surface area contributed by atoms with Crippen LogP contribution in [0.1, 0.15) is 65.8 Å². The van der Waals surface area contributed by atoms with Crippen molar-refractivity contribution < 1.29 is 27.3 Å². The summed E-state index contributed by atoms with van der Waals surface area (Å²) in [4.78, 5) is 13.0. The number of alkyl halides is 3. The zero-order valence-electron chi connectivity index (χ0n) is 27.3. The zero-order valence-corrected chi connectivity index (χ0v) is 29.1. The zero-order chi connectivity index (χ0) is 33.9. The molecule has 1 aromatic carbocycles. The molecule has 5 rings (SSSR count). The molecule has 1 fully saturated rings. The number of nitrogens with zero attached hydrogens (tertiary/aromatic N) is 5. The normalized spacial score (nSPS) is 19.9. The molecule has 0 amide bonds. The van der Waals surface area contributed by atoms with Gasteiger partial charge in [-0.25, -0.2) is 14.6 Å². The quantitative estimate of drug-likeness (QED) is 0.118. The van der Waals surface area contributed by atoms with Crippen molar-refractivity contribution in [1.82, 2.24) is 29.5 Å². The Morgan fingerprint density at radius 3 is 2.30 bits per heavy atom. The number of hydrogen-bond acceptors (Lipinski definition) is 8. The summed E-state index contributed by atoms with van der Waals surface area (Å²) in [6, 6.07) is 8.97. The van der Waals surface area contributed by atoms with Crippen molar-refractivity contribution in [1.29, 1.82) is 0 Å². The van der Waals surface area contributed by atoms with Crippen molar-refractivity contribution in [2.45, 2.75) is 95.3 Å². The summed E-state index contributed by atoms with van der Waals surface area (Å²) in [6.07, 6.45) is 1.03. The lowest BCUT2D eigenvalue weighted by atomic mass is 9.74. The summed E-state index contributed by atoms with van der Waals surface area (Å²) in [6.45, 7) is 16.4. The van der Waals surface area contributed by atoms with Crippen LogP contribution in [0.25, 0.3) is 28.0 Å². The Hall–Kier alpha value is -2.88. The second-order valence-corrected chi connectivity index (χ2v) is 21.1. The van der Waals surface area contributed by atoms with Crippen LogP contribution in [0, 0.1) is 5.92 Å². The minimum Gasteiger partial charge on any atom is -0.598 e. The molecular formula is C32H41F3N6O3SSi. The van der Waals surface area contributed by atoms with E-state index in [0.717, 1.165) is 6.07 Å². The summed E-state index contributed by atoms with van der Waals surface area (Å²) in [5.41, 5.74) is -1.03. The first kappa shape index (κ1) is 34.5. The van der Waals surface area contributed by atoms with Crippen LogP contribution in [-0.2, 0) is 27.7 Å². The Bertz CT molecular complexity index is 1720. The molecular weight excluding hydrogens is 634 g/mol. The lowest BCUT2D eigenvalue weighted by Crippen LogP contribution is -2.60. The van der Waals surface area contributed by atoms with Crippen molar-refractivity contribution in [3.05, 3.63) is 66.4 Å². The first-order valence-electron chi connectivity index (χ1n) is 15.1. The molecule has 4 aromatic rings. The van der Waals surface area contributed by atoms with Crippen LogP contribution < -0.4 is 4.72 Å². The maximum atomic E-state index is 13.4. The standard InChI is InChI=1S/C32H41F3N6O3SSi/c1-29(2,3)45(43)40-31(42,22-15-23(16-22)44-46(7,8)30(4,5)6)27-19-36-18-24(38-27)20-12-13-21-17-37-41(25(21)14-20)28-11-9-10-26(39-28)32(33,34)35/h9-14,17-19,22-23,40,42H,15-16H2,1-8H3/t22?,23?,31-,45+/m0/s1. The van der Waals surface area contributed by atoms with Gasteiger partial charge < -0.3 is 14.1 Å². The average Bonchev–Trinajstić information content (AvgIpc) is 3.36. The van der Waals surface area contributed by atoms with E-state index < -0.39 is 42.0 Å². The van der Waals surface area contributed by atoms with Crippen LogP contribution in [0.15, 0.2) is 55.0 Å². The molecule has 14 heteroatoms. The molecule has 3 aromatic heterocycles. The number of aromatic nitrogens is 5. The minimum absolute atomic E-state index is 0.0181. The number of benzene rings is 1. The van der Waals surface area contributed by atoms with Gasteiger partial charge in [-0.05, 0) is 69.9 Å². The number of pyridine rings is 1. The predicted molar refractivity (Wildman–Crippen MR) is 175 cm³/mol. The van der Waals surface area contributed by atoms with Gasteiger partial charge in [-0.3, -0.25) is 4.98 Å². The lowest BCUT2D eigenvalue weighted by Gasteiger charge is -2.49. The van der Waals surface area contributed by atoms with Gasteiger partial charge in [0.1, 0.15) is 16.1 Å². The van der Waals surface area contributed by atoms with Crippen molar-refractivity contribution in [2.24, 2.45) is 5.92 Å². The molecule has 46 heavy (non-hydrogen) atoms. The number of halogens is 3. The molecule has 0 bridgehead atoms. The molecule has 0 aliphatic heterocycles. The summed E-state index contributed by atoms with van der Waals surface area (Å²) in [7, 11) is -2.04. The van der Waals surface area contributed by atoms with E-state index in [1.54, 1.807) is 30.6 Å². The third-order valence-electron chi connectivity index (χ3n) is 8.89. The van der Waals surface area contributed by atoms with Crippen LogP contribution in [-0.4, -0.2) is 53.6 Å². The topological polar surface area (TPSA) is 121 Å². The van der Waals surface area contributed by atoms with Crippen molar-refractivity contribution in [2.75, 3.05) is 0 Å². The molecule has 0 radical (unpaired) electrons. The lowest BCUT2D eigenvalue weighted by molar-refractivity contribution is -0.141. The molecule has 3 heterocycles. The number of hydrogen-bond donors (Lipinski definition) is 2. The van der Waals surface area contributed by atoms with Crippen LogP contribution in [0.2, 0.25) is 18.1 Å². The van der Waals surface area contributed by atoms with Crippen molar-refractivity contribution >= 4 is 30.6 Å². The summed E-state index contributed by atoms with van der Waals surface area (Å²) >= 11 is -1.64. The second-order valence-electron chi connectivity index (χ2n) is 14.4. The average molecular weight is 675 g/mol. The molecule has 248 valence electrons. The Balaban J connectivity index is 1.49. The highest BCUT2D eigenvalue weighted by Crippen LogP contribution is 2.47. The molecule has 1 aliphatic rings. The molecule has 1 aliphatic carbocycles. The number of aliphatic hydroxyl groups is 1. The van der Waals surface area contributed by atoms with Crippen molar-refractivity contribution in [3.63, 3.8) is 0 Å². The SMILES string of the molecule is CC(C)(C)[S@@+]([O-])N[C@@](O)(c1cncc(-c2ccc3cnn(-c4cccc(C(F)(F)F)n4)c3c2)n1)C1CC(O[Si](C)(C)C(C)(C)C)C1. The summed E-state index contributed by atoms with van der Waals surface area (Å²) in [5.74, 6) is -0.321. The minimum atomic E-state index is -4.60. The highest BCUT2D eigenvalue weighted by atomic mass is 32.2. The Labute approximate surface area is 271 Å². The van der Waals surface area contributed by atoms with Gasteiger partial charge in [0, 0.05) is 34.3 Å². The largest absolute Gasteiger partial charge is 0.598 e. The van der Waals surface area contributed by atoms with Crippen LogP contribution >= 0.6 is 0 Å².